The summed E-state index contributed by atoms with van der Waals surface area (Å²) in [5, 5.41) is 0.362. The van der Waals surface area contributed by atoms with Crippen LogP contribution in [0.15, 0.2) is 53.4 Å². The summed E-state index contributed by atoms with van der Waals surface area (Å²) in [5.74, 6) is 0. The maximum absolute atomic E-state index is 12.7. The molecule has 0 aliphatic rings. The lowest BCUT2D eigenvalue weighted by Gasteiger charge is -2.20. The van der Waals surface area contributed by atoms with Crippen molar-refractivity contribution in [3.63, 3.8) is 0 Å². The van der Waals surface area contributed by atoms with E-state index in [1.807, 2.05) is 0 Å². The fraction of sp³-hybridized carbons (Fsp3) is 0.143. The van der Waals surface area contributed by atoms with Gasteiger partial charge in [0.25, 0.3) is 10.0 Å². The van der Waals surface area contributed by atoms with Crippen LogP contribution in [-0.2, 0) is 16.2 Å². The van der Waals surface area contributed by atoms with Crippen molar-refractivity contribution in [1.82, 2.24) is 0 Å². The van der Waals surface area contributed by atoms with Gasteiger partial charge in [-0.2, -0.15) is 13.2 Å². The third-order valence-corrected chi connectivity index (χ3v) is 5.06. The number of hydrogen-bond donors (Lipinski definition) is 0. The number of anilines is 1. The second-order valence-corrected chi connectivity index (χ2v) is 6.88. The van der Waals surface area contributed by atoms with Gasteiger partial charge in [0.05, 0.1) is 16.1 Å². The normalized spacial score (nSPS) is 12.2. The van der Waals surface area contributed by atoms with E-state index in [2.05, 4.69) is 0 Å². The Hall–Kier alpha value is -1.73. The van der Waals surface area contributed by atoms with E-state index in [1.54, 1.807) is 0 Å². The smallest absolute Gasteiger partial charge is 0.269 e. The van der Waals surface area contributed by atoms with Crippen molar-refractivity contribution in [2.75, 3.05) is 11.4 Å². The Morgan fingerprint density at radius 2 is 1.64 bits per heavy atom. The molecule has 0 aliphatic heterocycles. The minimum atomic E-state index is -4.54. The molecule has 0 aromatic heterocycles. The van der Waals surface area contributed by atoms with E-state index in [-0.39, 0.29) is 10.6 Å². The van der Waals surface area contributed by atoms with E-state index < -0.39 is 21.8 Å². The highest BCUT2D eigenvalue weighted by Gasteiger charge is 2.31. The van der Waals surface area contributed by atoms with Gasteiger partial charge in [0, 0.05) is 12.1 Å². The quantitative estimate of drug-likeness (QED) is 0.833. The van der Waals surface area contributed by atoms with Gasteiger partial charge in [-0.1, -0.05) is 17.7 Å². The first kappa shape index (κ1) is 16.6. The maximum Gasteiger partial charge on any atom is 0.416 e. The fourth-order valence-electron chi connectivity index (χ4n) is 1.78. The number of benzene rings is 2. The molecule has 0 radical (unpaired) electrons. The molecule has 2 rings (SSSR count). The Bertz CT molecular complexity index is 773. The Labute approximate surface area is 131 Å². The van der Waals surface area contributed by atoms with Crippen molar-refractivity contribution < 1.29 is 21.6 Å². The molecule has 0 amide bonds. The molecule has 0 atom stereocenters. The van der Waals surface area contributed by atoms with Crippen LogP contribution in [-0.4, -0.2) is 15.5 Å². The zero-order valence-corrected chi connectivity index (χ0v) is 12.9. The first-order valence-electron chi connectivity index (χ1n) is 6.04. The molecule has 3 nitrogen and oxygen atoms in total. The third-order valence-electron chi connectivity index (χ3n) is 3.01. The summed E-state index contributed by atoms with van der Waals surface area (Å²) < 4.78 is 63.7. The molecule has 0 N–H and O–H groups in total. The highest BCUT2D eigenvalue weighted by Crippen LogP contribution is 2.32. The number of sulfonamides is 1. The summed E-state index contributed by atoms with van der Waals surface area (Å²) in [6.45, 7) is 0. The molecule has 2 aromatic carbocycles. The lowest BCUT2D eigenvalue weighted by Crippen LogP contribution is -2.26. The molecule has 0 saturated carbocycles. The summed E-state index contributed by atoms with van der Waals surface area (Å²) >= 11 is 5.70. The van der Waals surface area contributed by atoms with Crippen molar-refractivity contribution in [2.24, 2.45) is 0 Å². The van der Waals surface area contributed by atoms with Crippen molar-refractivity contribution >= 4 is 27.3 Å². The maximum atomic E-state index is 12.7. The van der Waals surface area contributed by atoms with Crippen molar-refractivity contribution in [3.05, 3.63) is 59.1 Å². The molecule has 0 spiro atoms. The van der Waals surface area contributed by atoms with E-state index in [0.29, 0.717) is 5.02 Å². The van der Waals surface area contributed by atoms with Gasteiger partial charge in [0.2, 0.25) is 0 Å². The molecule has 0 unspecified atom stereocenters. The standard InChI is InChI=1S/C14H11ClF3NO2S/c1-19(12-4-2-3-10(9-12)14(16,17)18)22(20,21)13-7-5-11(15)6-8-13/h2-9H,1H3. The minimum Gasteiger partial charge on any atom is -0.269 e. The highest BCUT2D eigenvalue weighted by molar-refractivity contribution is 7.92. The molecule has 0 aliphatic carbocycles. The van der Waals surface area contributed by atoms with Crippen LogP contribution in [0.4, 0.5) is 18.9 Å². The van der Waals surface area contributed by atoms with Crippen LogP contribution in [0.25, 0.3) is 0 Å². The topological polar surface area (TPSA) is 37.4 Å². The molecule has 0 fully saturated rings. The number of halogens is 4. The largest absolute Gasteiger partial charge is 0.416 e. The van der Waals surface area contributed by atoms with Gasteiger partial charge in [0.15, 0.2) is 0 Å². The zero-order chi connectivity index (χ0) is 16.5. The Balaban J connectivity index is 2.43. The monoisotopic (exact) mass is 349 g/mol. The average molecular weight is 350 g/mol. The van der Waals surface area contributed by atoms with Gasteiger partial charge in [-0.25, -0.2) is 8.42 Å². The summed E-state index contributed by atoms with van der Waals surface area (Å²) in [5.41, 5.74) is -0.993. The SMILES string of the molecule is CN(c1cccc(C(F)(F)F)c1)S(=O)(=O)c1ccc(Cl)cc1. The fourth-order valence-corrected chi connectivity index (χ4v) is 3.09. The van der Waals surface area contributed by atoms with Crippen LogP contribution in [0.2, 0.25) is 5.02 Å². The van der Waals surface area contributed by atoms with E-state index in [1.165, 1.54) is 37.4 Å². The number of hydrogen-bond acceptors (Lipinski definition) is 2. The molecule has 8 heteroatoms. The summed E-state index contributed by atoms with van der Waals surface area (Å²) in [7, 11) is -2.77. The molecule has 118 valence electrons. The van der Waals surface area contributed by atoms with Gasteiger partial charge in [-0.3, -0.25) is 4.31 Å². The predicted octanol–water partition coefficient (Wildman–Crippen LogP) is 4.18. The zero-order valence-electron chi connectivity index (χ0n) is 11.3. The van der Waals surface area contributed by atoms with Crippen LogP contribution in [0.1, 0.15) is 5.56 Å². The highest BCUT2D eigenvalue weighted by atomic mass is 35.5. The van der Waals surface area contributed by atoms with Gasteiger partial charge in [-0.15, -0.1) is 0 Å². The first-order valence-corrected chi connectivity index (χ1v) is 7.86. The van der Waals surface area contributed by atoms with E-state index >= 15 is 0 Å². The number of alkyl halides is 3. The first-order chi connectivity index (χ1) is 10.1. The average Bonchev–Trinajstić information content (AvgIpc) is 2.46. The van der Waals surface area contributed by atoms with E-state index in [9.17, 15) is 21.6 Å². The molecule has 0 saturated heterocycles. The molecular weight excluding hydrogens is 339 g/mol. The van der Waals surface area contributed by atoms with E-state index in [0.717, 1.165) is 22.5 Å². The van der Waals surface area contributed by atoms with Crippen LogP contribution < -0.4 is 4.31 Å². The Morgan fingerprint density at radius 3 is 2.18 bits per heavy atom. The summed E-state index contributed by atoms with van der Waals surface area (Å²) in [4.78, 5) is -0.0585. The molecule has 2 aromatic rings. The van der Waals surface area contributed by atoms with Gasteiger partial charge < -0.3 is 0 Å². The van der Waals surface area contributed by atoms with Crippen molar-refractivity contribution in [2.45, 2.75) is 11.1 Å². The third kappa shape index (κ3) is 3.36. The van der Waals surface area contributed by atoms with Crippen molar-refractivity contribution in [1.29, 1.82) is 0 Å². The van der Waals surface area contributed by atoms with Gasteiger partial charge >= 0.3 is 6.18 Å². The van der Waals surface area contributed by atoms with Gasteiger partial charge in [0.1, 0.15) is 0 Å². The van der Waals surface area contributed by atoms with Gasteiger partial charge in [-0.05, 0) is 42.5 Å². The Morgan fingerprint density at radius 1 is 1.05 bits per heavy atom. The van der Waals surface area contributed by atoms with Crippen molar-refractivity contribution in [3.8, 4) is 0 Å². The molecule has 0 heterocycles. The van der Waals surface area contributed by atoms with Crippen LogP contribution >= 0.6 is 11.6 Å². The Kier molecular flexibility index (Phi) is 4.39. The lowest BCUT2D eigenvalue weighted by atomic mass is 10.2. The molecule has 22 heavy (non-hydrogen) atoms. The molecule has 0 bridgehead atoms. The van der Waals surface area contributed by atoms with Crippen LogP contribution in [0, 0.1) is 0 Å². The number of nitrogens with zero attached hydrogens (tertiary/aromatic N) is 1. The predicted molar refractivity (Wildman–Crippen MR) is 78.5 cm³/mol. The lowest BCUT2D eigenvalue weighted by molar-refractivity contribution is -0.137. The van der Waals surface area contributed by atoms with Crippen LogP contribution in [0.3, 0.4) is 0 Å². The summed E-state index contributed by atoms with van der Waals surface area (Å²) in [6.07, 6.45) is -4.54. The minimum absolute atomic E-state index is 0.0585. The van der Waals surface area contributed by atoms with Crippen LogP contribution in [0.5, 0.6) is 0 Å². The summed E-state index contributed by atoms with van der Waals surface area (Å²) in [6, 6.07) is 9.50. The second kappa shape index (κ2) is 5.81. The second-order valence-electron chi connectivity index (χ2n) is 4.47. The van der Waals surface area contributed by atoms with E-state index in [4.69, 9.17) is 11.6 Å². The number of rotatable bonds is 3. The molecular formula is C14H11ClF3NO2S.